The first-order chi connectivity index (χ1) is 19.0. The number of aliphatic hydroxyl groups is 1. The molecule has 2 aromatic rings. The van der Waals surface area contributed by atoms with E-state index in [1.165, 1.54) is 12.1 Å². The van der Waals surface area contributed by atoms with Crippen LogP contribution < -0.4 is 10.6 Å². The molecule has 2 fully saturated rings. The summed E-state index contributed by atoms with van der Waals surface area (Å²) in [5, 5.41) is 17.2. The van der Waals surface area contributed by atoms with Crippen molar-refractivity contribution in [2.45, 2.75) is 81.5 Å². The van der Waals surface area contributed by atoms with E-state index < -0.39 is 23.2 Å². The van der Waals surface area contributed by atoms with Gasteiger partial charge in [0, 0.05) is 43.5 Å². The Balaban J connectivity index is 1.34. The number of hydrogen-bond acceptors (Lipinski definition) is 6. The van der Waals surface area contributed by atoms with Gasteiger partial charge in [-0.3, -0.25) is 14.6 Å². The summed E-state index contributed by atoms with van der Waals surface area (Å²) >= 11 is 0. The lowest BCUT2D eigenvalue weighted by Gasteiger charge is -2.37. The maximum atomic E-state index is 13.2. The van der Waals surface area contributed by atoms with E-state index >= 15 is 0 Å². The molecule has 0 radical (unpaired) electrons. The number of alkyl halides is 3. The van der Waals surface area contributed by atoms with E-state index in [0.29, 0.717) is 37.9 Å². The van der Waals surface area contributed by atoms with Gasteiger partial charge in [0.05, 0.1) is 23.9 Å². The second kappa shape index (κ2) is 12.7. The highest BCUT2D eigenvalue weighted by Crippen LogP contribution is 2.36. The molecular weight excluding hydrogens is 525 g/mol. The van der Waals surface area contributed by atoms with Gasteiger partial charge in [0.15, 0.2) is 0 Å². The Labute approximate surface area is 232 Å². The summed E-state index contributed by atoms with van der Waals surface area (Å²) < 4.78 is 44.5. The van der Waals surface area contributed by atoms with E-state index in [1.54, 1.807) is 18.2 Å². The maximum absolute atomic E-state index is 13.2. The van der Waals surface area contributed by atoms with E-state index in [-0.39, 0.29) is 42.2 Å². The summed E-state index contributed by atoms with van der Waals surface area (Å²) in [7, 11) is 1.61. The zero-order chi connectivity index (χ0) is 28.9. The van der Waals surface area contributed by atoms with Crippen molar-refractivity contribution in [1.82, 2.24) is 20.5 Å². The van der Waals surface area contributed by atoms with Gasteiger partial charge < -0.3 is 25.4 Å². The minimum absolute atomic E-state index is 0.0308. The molecule has 3 N–H and O–H groups in total. The topological polar surface area (TPSA) is 104 Å². The van der Waals surface area contributed by atoms with Gasteiger partial charge in [-0.2, -0.15) is 13.2 Å². The molecule has 1 aliphatic carbocycles. The van der Waals surface area contributed by atoms with Crippen LogP contribution in [0.15, 0.2) is 48.7 Å². The van der Waals surface area contributed by atoms with Crippen LogP contribution in [0.25, 0.3) is 0 Å². The van der Waals surface area contributed by atoms with Crippen molar-refractivity contribution in [2.24, 2.45) is 0 Å². The highest BCUT2D eigenvalue weighted by atomic mass is 19.4. The Morgan fingerprint density at radius 2 is 1.93 bits per heavy atom. The van der Waals surface area contributed by atoms with Crippen LogP contribution in [0.3, 0.4) is 0 Å². The van der Waals surface area contributed by atoms with Crippen LogP contribution in [-0.2, 0) is 21.3 Å². The standard InChI is InChI=1S/C29H37F3N4O4/c1-19(40-2)14-24-16-23(35-22-9-11-28(39,12-10-22)25-8-3-4-13-33-25)18-36(24)26(37)17-34-27(38)20-6-5-7-21(15-20)29(30,31)32/h3-8,13,15,19,22-24,35,39H,9-12,14,16-18H2,1-2H3,(H,34,38)/t19?,22?,23-,24+,28?/m0/s1. The number of rotatable bonds is 9. The first kappa shape index (κ1) is 30.0. The molecule has 8 nitrogen and oxygen atoms in total. The van der Waals surface area contributed by atoms with Crippen LogP contribution in [0.2, 0.25) is 0 Å². The highest BCUT2D eigenvalue weighted by molar-refractivity contribution is 5.96. The van der Waals surface area contributed by atoms with Crippen LogP contribution in [0.5, 0.6) is 0 Å². The first-order valence-corrected chi connectivity index (χ1v) is 13.7. The average Bonchev–Trinajstić information content (AvgIpc) is 3.34. The summed E-state index contributed by atoms with van der Waals surface area (Å²) in [5.74, 6) is -1.04. The fraction of sp³-hybridized carbons (Fsp3) is 0.552. The number of carbonyl (C=O) groups excluding carboxylic acids is 2. The minimum atomic E-state index is -4.57. The molecule has 40 heavy (non-hydrogen) atoms. The Kier molecular flexibility index (Phi) is 9.48. The second-order valence-corrected chi connectivity index (χ2v) is 10.9. The van der Waals surface area contributed by atoms with Gasteiger partial charge in [-0.1, -0.05) is 12.1 Å². The third-order valence-electron chi connectivity index (χ3n) is 8.02. The average molecular weight is 563 g/mol. The summed E-state index contributed by atoms with van der Waals surface area (Å²) in [6, 6.07) is 9.77. The van der Waals surface area contributed by atoms with E-state index in [0.717, 1.165) is 25.0 Å². The number of aromatic nitrogens is 1. The predicted octanol–water partition coefficient (Wildman–Crippen LogP) is 3.64. The molecule has 1 aliphatic heterocycles. The van der Waals surface area contributed by atoms with Gasteiger partial charge in [0.1, 0.15) is 5.60 Å². The minimum Gasteiger partial charge on any atom is -0.384 e. The number of pyridine rings is 1. The largest absolute Gasteiger partial charge is 0.416 e. The van der Waals surface area contributed by atoms with Crippen molar-refractivity contribution in [2.75, 3.05) is 20.2 Å². The van der Waals surface area contributed by atoms with Crippen molar-refractivity contribution in [1.29, 1.82) is 0 Å². The number of benzene rings is 1. The maximum Gasteiger partial charge on any atom is 0.416 e. The number of halogens is 3. The van der Waals surface area contributed by atoms with Crippen LogP contribution in [0.4, 0.5) is 13.2 Å². The second-order valence-electron chi connectivity index (χ2n) is 10.9. The lowest BCUT2D eigenvalue weighted by Crippen LogP contribution is -2.46. The van der Waals surface area contributed by atoms with Crippen molar-refractivity contribution in [3.63, 3.8) is 0 Å². The Morgan fingerprint density at radius 1 is 1.18 bits per heavy atom. The summed E-state index contributed by atoms with van der Waals surface area (Å²) in [5.41, 5.74) is -1.33. The smallest absolute Gasteiger partial charge is 0.384 e. The predicted molar refractivity (Wildman–Crippen MR) is 142 cm³/mol. The summed E-state index contributed by atoms with van der Waals surface area (Å²) in [6.07, 6.45) is 1.07. The van der Waals surface area contributed by atoms with Gasteiger partial charge in [-0.25, -0.2) is 0 Å². The van der Waals surface area contributed by atoms with Gasteiger partial charge in [0.25, 0.3) is 5.91 Å². The van der Waals surface area contributed by atoms with Gasteiger partial charge in [0.2, 0.25) is 5.91 Å². The number of nitrogens with one attached hydrogen (secondary N) is 2. The molecule has 3 atom stereocenters. The van der Waals surface area contributed by atoms with Crippen molar-refractivity contribution in [3.8, 4) is 0 Å². The monoisotopic (exact) mass is 562 g/mol. The molecule has 218 valence electrons. The van der Waals surface area contributed by atoms with Crippen LogP contribution >= 0.6 is 0 Å². The zero-order valence-electron chi connectivity index (χ0n) is 22.8. The molecule has 4 rings (SSSR count). The van der Waals surface area contributed by atoms with Crippen LogP contribution in [0.1, 0.15) is 67.1 Å². The summed E-state index contributed by atoms with van der Waals surface area (Å²) in [4.78, 5) is 31.8. The highest BCUT2D eigenvalue weighted by Gasteiger charge is 2.40. The molecule has 1 unspecified atom stereocenters. The van der Waals surface area contributed by atoms with Crippen LogP contribution in [-0.4, -0.2) is 71.2 Å². The molecule has 1 saturated heterocycles. The number of amides is 2. The molecule has 2 amide bonds. The summed E-state index contributed by atoms with van der Waals surface area (Å²) in [6.45, 7) is 2.05. The Morgan fingerprint density at radius 3 is 2.58 bits per heavy atom. The van der Waals surface area contributed by atoms with Crippen LogP contribution in [0, 0.1) is 0 Å². The molecular formula is C29H37F3N4O4. The fourth-order valence-corrected chi connectivity index (χ4v) is 5.73. The number of nitrogens with zero attached hydrogens (tertiary/aromatic N) is 2. The van der Waals surface area contributed by atoms with Crippen molar-refractivity contribution < 1.29 is 32.6 Å². The zero-order valence-corrected chi connectivity index (χ0v) is 22.8. The van der Waals surface area contributed by atoms with Gasteiger partial charge in [-0.05, 0) is 75.8 Å². The lowest BCUT2D eigenvalue weighted by atomic mass is 9.79. The molecule has 0 bridgehead atoms. The SMILES string of the molecule is COC(C)C[C@@H]1C[C@H](NC2CCC(O)(c3ccccn3)CC2)CN1C(=O)CNC(=O)c1cccc(C(F)(F)F)c1. The molecule has 11 heteroatoms. The fourth-order valence-electron chi connectivity index (χ4n) is 5.73. The molecule has 2 aliphatic rings. The number of likely N-dealkylation sites (tertiary alicyclic amines) is 1. The number of carbonyl (C=O) groups is 2. The molecule has 1 saturated carbocycles. The molecule has 1 aromatic heterocycles. The third-order valence-corrected chi connectivity index (χ3v) is 8.02. The molecule has 1 aromatic carbocycles. The van der Waals surface area contributed by atoms with Gasteiger partial charge >= 0.3 is 6.18 Å². The Bertz CT molecular complexity index is 1160. The van der Waals surface area contributed by atoms with E-state index in [9.17, 15) is 27.9 Å². The molecule has 0 spiro atoms. The van der Waals surface area contributed by atoms with E-state index in [2.05, 4.69) is 15.6 Å². The normalized spacial score (nSPS) is 25.9. The van der Waals surface area contributed by atoms with Gasteiger partial charge in [-0.15, -0.1) is 0 Å². The third kappa shape index (κ3) is 7.38. The lowest BCUT2D eigenvalue weighted by molar-refractivity contribution is -0.137. The quantitative estimate of drug-likeness (QED) is 0.431. The first-order valence-electron chi connectivity index (χ1n) is 13.7. The van der Waals surface area contributed by atoms with E-state index in [4.69, 9.17) is 4.74 Å². The molecule has 2 heterocycles. The number of ether oxygens (including phenoxy) is 1. The Hall–Kier alpha value is -3.02. The number of hydrogen-bond donors (Lipinski definition) is 3. The number of methoxy groups -OCH3 is 1. The van der Waals surface area contributed by atoms with E-state index in [1.807, 2.05) is 25.1 Å². The van der Waals surface area contributed by atoms with Crippen molar-refractivity contribution in [3.05, 3.63) is 65.5 Å². The van der Waals surface area contributed by atoms with Crippen molar-refractivity contribution >= 4 is 11.8 Å².